The summed E-state index contributed by atoms with van der Waals surface area (Å²) in [5, 5.41) is 0. The number of allylic oxidation sites excluding steroid dienone is 6. The molecule has 0 aliphatic heterocycles. The van der Waals surface area contributed by atoms with E-state index in [1.54, 1.807) is 6.08 Å². The zero-order valence-electron chi connectivity index (χ0n) is 10.8. The van der Waals surface area contributed by atoms with Crippen LogP contribution in [0.25, 0.3) is 0 Å². The summed E-state index contributed by atoms with van der Waals surface area (Å²) in [5.74, 6) is 0.146. The molecule has 1 aliphatic carbocycles. The molecule has 0 saturated carbocycles. The molecule has 0 aromatic heterocycles. The van der Waals surface area contributed by atoms with Crippen molar-refractivity contribution in [3.8, 4) is 0 Å². The molecule has 1 nitrogen and oxygen atoms in total. The minimum Gasteiger partial charge on any atom is -0.290 e. The van der Waals surface area contributed by atoms with Crippen molar-refractivity contribution < 1.29 is 4.79 Å². The molecule has 0 fully saturated rings. The average Bonchev–Trinajstić information content (AvgIpc) is 2.23. The van der Waals surface area contributed by atoms with Crippen molar-refractivity contribution in [3.05, 3.63) is 35.5 Å². The lowest BCUT2D eigenvalue weighted by Gasteiger charge is -2.18. The highest BCUT2D eigenvalue weighted by atomic mass is 16.1. The molecule has 0 radical (unpaired) electrons. The van der Waals surface area contributed by atoms with Crippen molar-refractivity contribution in [3.63, 3.8) is 0 Å². The number of hydrogen-bond acceptors (Lipinski definition) is 1. The molecule has 0 unspecified atom stereocenters. The van der Waals surface area contributed by atoms with Gasteiger partial charge in [-0.1, -0.05) is 37.6 Å². The van der Waals surface area contributed by atoms with Crippen molar-refractivity contribution in [2.45, 2.75) is 47.0 Å². The van der Waals surface area contributed by atoms with Crippen molar-refractivity contribution in [2.75, 3.05) is 0 Å². The molecule has 0 aromatic rings. The fourth-order valence-electron chi connectivity index (χ4n) is 1.66. The van der Waals surface area contributed by atoms with Crippen LogP contribution in [0.5, 0.6) is 0 Å². The molecule has 1 heteroatoms. The zero-order valence-corrected chi connectivity index (χ0v) is 10.8. The van der Waals surface area contributed by atoms with E-state index in [0.717, 1.165) is 24.8 Å². The summed E-state index contributed by atoms with van der Waals surface area (Å²) in [6, 6.07) is 0. The third kappa shape index (κ3) is 4.18. The lowest BCUT2D eigenvalue weighted by atomic mass is 9.87. The van der Waals surface area contributed by atoms with E-state index in [0.29, 0.717) is 0 Å². The van der Waals surface area contributed by atoms with E-state index in [-0.39, 0.29) is 11.2 Å². The van der Waals surface area contributed by atoms with Crippen LogP contribution in [-0.4, -0.2) is 5.78 Å². The summed E-state index contributed by atoms with van der Waals surface area (Å²) in [4.78, 5) is 11.7. The van der Waals surface area contributed by atoms with Gasteiger partial charge in [0.05, 0.1) is 0 Å². The van der Waals surface area contributed by atoms with Gasteiger partial charge in [-0.2, -0.15) is 0 Å². The van der Waals surface area contributed by atoms with E-state index in [4.69, 9.17) is 0 Å². The molecule has 0 heterocycles. The van der Waals surface area contributed by atoms with E-state index in [1.807, 2.05) is 19.1 Å². The molecule has 0 N–H and O–H groups in total. The second kappa shape index (κ2) is 5.29. The van der Waals surface area contributed by atoms with Crippen molar-refractivity contribution in [1.82, 2.24) is 0 Å². The topological polar surface area (TPSA) is 17.1 Å². The first kappa shape index (κ1) is 13.0. The van der Waals surface area contributed by atoms with E-state index >= 15 is 0 Å². The van der Waals surface area contributed by atoms with Gasteiger partial charge in [0.2, 0.25) is 0 Å². The van der Waals surface area contributed by atoms with E-state index in [2.05, 4.69) is 26.8 Å². The standard InChI is InChI=1S/C15H22O/c1-12-6-5-7-13(2)14(16)9-11-15(3,4)10-8-12/h7-9,11H,5-6,10H2,1-4H3/b11-9-,12-8+,13-7+. The van der Waals surface area contributed by atoms with E-state index in [1.165, 1.54) is 5.57 Å². The molecule has 0 amide bonds. The number of carbonyl (C=O) groups is 1. The van der Waals surface area contributed by atoms with Crippen LogP contribution in [0.3, 0.4) is 0 Å². The number of rotatable bonds is 0. The largest absolute Gasteiger partial charge is 0.290 e. The summed E-state index contributed by atoms with van der Waals surface area (Å²) in [5.41, 5.74) is 2.35. The van der Waals surface area contributed by atoms with Gasteiger partial charge in [0.25, 0.3) is 0 Å². The number of hydrogen-bond donors (Lipinski definition) is 0. The molecule has 1 rings (SSSR count). The highest BCUT2D eigenvalue weighted by molar-refractivity contribution is 6.03. The molecular formula is C15H22O. The Labute approximate surface area is 98.9 Å². The minimum absolute atomic E-state index is 0.0710. The van der Waals surface area contributed by atoms with Crippen LogP contribution in [0.4, 0.5) is 0 Å². The molecule has 0 saturated heterocycles. The molecule has 1 aliphatic rings. The number of carbonyl (C=O) groups excluding carboxylic acids is 1. The Bertz CT molecular complexity index is 354. The smallest absolute Gasteiger partial charge is 0.180 e. The normalized spacial score (nSPS) is 30.6. The predicted octanol–water partition coefficient (Wildman–Crippen LogP) is 4.21. The van der Waals surface area contributed by atoms with Crippen LogP contribution in [-0.2, 0) is 4.79 Å². The Morgan fingerprint density at radius 2 is 1.88 bits per heavy atom. The van der Waals surface area contributed by atoms with Crippen LogP contribution in [0.15, 0.2) is 35.5 Å². The first-order chi connectivity index (χ1) is 7.41. The van der Waals surface area contributed by atoms with Crippen LogP contribution in [0, 0.1) is 5.41 Å². The van der Waals surface area contributed by atoms with Crippen LogP contribution in [0.2, 0.25) is 0 Å². The Balaban J connectivity index is 2.95. The van der Waals surface area contributed by atoms with Gasteiger partial charge in [0.15, 0.2) is 5.78 Å². The lowest BCUT2D eigenvalue weighted by Crippen LogP contribution is -2.07. The van der Waals surface area contributed by atoms with Gasteiger partial charge in [0.1, 0.15) is 0 Å². The zero-order chi connectivity index (χ0) is 12.2. The van der Waals surface area contributed by atoms with Gasteiger partial charge < -0.3 is 0 Å². The van der Waals surface area contributed by atoms with E-state index < -0.39 is 0 Å². The first-order valence-electron chi connectivity index (χ1n) is 5.97. The third-order valence-corrected chi connectivity index (χ3v) is 3.04. The van der Waals surface area contributed by atoms with E-state index in [9.17, 15) is 4.79 Å². The summed E-state index contributed by atoms with van der Waals surface area (Å²) in [7, 11) is 0. The second-order valence-corrected chi connectivity index (χ2v) is 5.37. The van der Waals surface area contributed by atoms with Crippen molar-refractivity contribution >= 4 is 5.78 Å². The Kier molecular flexibility index (Phi) is 4.28. The van der Waals surface area contributed by atoms with Crippen LogP contribution >= 0.6 is 0 Å². The summed E-state index contributed by atoms with van der Waals surface area (Å²) in [6.07, 6.45) is 11.1. The summed E-state index contributed by atoms with van der Waals surface area (Å²) >= 11 is 0. The number of ketones is 1. The van der Waals surface area contributed by atoms with Gasteiger partial charge >= 0.3 is 0 Å². The van der Waals surface area contributed by atoms with Crippen LogP contribution < -0.4 is 0 Å². The quantitative estimate of drug-likeness (QED) is 0.556. The lowest BCUT2D eigenvalue weighted by molar-refractivity contribution is -0.111. The summed E-state index contributed by atoms with van der Waals surface area (Å²) < 4.78 is 0. The highest BCUT2D eigenvalue weighted by Gasteiger charge is 2.13. The fraction of sp³-hybridized carbons (Fsp3) is 0.533. The van der Waals surface area contributed by atoms with Crippen LogP contribution in [0.1, 0.15) is 47.0 Å². The fourth-order valence-corrected chi connectivity index (χ4v) is 1.66. The van der Waals surface area contributed by atoms with Gasteiger partial charge in [-0.15, -0.1) is 0 Å². The van der Waals surface area contributed by atoms with Crippen molar-refractivity contribution in [1.29, 1.82) is 0 Å². The minimum atomic E-state index is 0.0710. The molecule has 0 bridgehead atoms. The van der Waals surface area contributed by atoms with Gasteiger partial charge in [-0.05, 0) is 50.2 Å². The predicted molar refractivity (Wildman–Crippen MR) is 69.3 cm³/mol. The first-order valence-corrected chi connectivity index (χ1v) is 5.97. The van der Waals surface area contributed by atoms with Gasteiger partial charge in [-0.25, -0.2) is 0 Å². The highest BCUT2D eigenvalue weighted by Crippen LogP contribution is 2.25. The molecule has 16 heavy (non-hydrogen) atoms. The van der Waals surface area contributed by atoms with Crippen molar-refractivity contribution in [2.24, 2.45) is 5.41 Å². The third-order valence-electron chi connectivity index (χ3n) is 3.04. The Hall–Kier alpha value is -1.11. The van der Waals surface area contributed by atoms with Gasteiger partial charge in [0, 0.05) is 0 Å². The molecular weight excluding hydrogens is 196 g/mol. The molecule has 0 aromatic carbocycles. The monoisotopic (exact) mass is 218 g/mol. The second-order valence-electron chi connectivity index (χ2n) is 5.37. The molecule has 0 atom stereocenters. The Morgan fingerprint density at radius 1 is 1.19 bits per heavy atom. The summed E-state index contributed by atoms with van der Waals surface area (Å²) in [6.45, 7) is 8.40. The SMILES string of the molecule is C/C1=C\CC(C)(C)/C=C\C(=O)/C(C)=C/CC1. The molecule has 88 valence electrons. The maximum Gasteiger partial charge on any atom is 0.180 e. The maximum absolute atomic E-state index is 11.7. The van der Waals surface area contributed by atoms with Gasteiger partial charge in [-0.3, -0.25) is 4.79 Å². The Morgan fingerprint density at radius 3 is 2.56 bits per heavy atom. The average molecular weight is 218 g/mol. The molecule has 0 spiro atoms. The maximum atomic E-state index is 11.7.